The minimum absolute atomic E-state index is 0.0549. The van der Waals surface area contributed by atoms with E-state index in [9.17, 15) is 14.7 Å². The van der Waals surface area contributed by atoms with Crippen LogP contribution in [0, 0.1) is 0 Å². The predicted molar refractivity (Wildman–Crippen MR) is 105 cm³/mol. The summed E-state index contributed by atoms with van der Waals surface area (Å²) >= 11 is 1.08. The van der Waals surface area contributed by atoms with Crippen LogP contribution in [0.1, 0.15) is 32.3 Å². The lowest BCUT2D eigenvalue weighted by molar-refractivity contribution is -0.138. The molecular weight excluding hydrogens is 350 g/mol. The highest BCUT2D eigenvalue weighted by Gasteiger charge is 2.33. The van der Waals surface area contributed by atoms with Crippen LogP contribution in [0.15, 0.2) is 63.7 Å². The average Bonchev–Trinajstić information content (AvgIpc) is 2.91. The molecule has 1 aromatic rings. The number of ether oxygens (including phenoxy) is 1. The Morgan fingerprint density at radius 3 is 2.62 bits per heavy atom. The number of thioether (sulfide) groups is 1. The van der Waals surface area contributed by atoms with Gasteiger partial charge in [-0.05, 0) is 25.0 Å². The number of carbonyl (C=O) groups is 2. The zero-order chi connectivity index (χ0) is 18.9. The summed E-state index contributed by atoms with van der Waals surface area (Å²) in [6, 6.07) is 9.69. The summed E-state index contributed by atoms with van der Waals surface area (Å²) in [5, 5.41) is 10.6. The molecule has 0 aromatic heterocycles. The second kappa shape index (κ2) is 9.77. The number of carbonyl (C=O) groups excluding carboxylic acids is 2. The number of aliphatic hydroxyl groups is 1. The highest BCUT2D eigenvalue weighted by molar-refractivity contribution is 8.18. The molecule has 0 saturated heterocycles. The third-order valence-corrected chi connectivity index (χ3v) is 4.43. The monoisotopic (exact) mass is 371 g/mol. The second-order valence-corrected chi connectivity index (χ2v) is 6.44. The minimum atomic E-state index is -0.684. The number of aliphatic imine (C=N–C) groups is 1. The van der Waals surface area contributed by atoms with E-state index < -0.39 is 5.97 Å². The molecule has 0 aliphatic carbocycles. The SMILES string of the molecule is CCCC(=O)N=C1S/C(=C\C=C\c2ccccc2)C(O)=C1C(=O)OCC. The largest absolute Gasteiger partial charge is 0.506 e. The van der Waals surface area contributed by atoms with E-state index in [0.717, 1.165) is 17.3 Å². The number of esters is 1. The highest BCUT2D eigenvalue weighted by Crippen LogP contribution is 2.38. The number of nitrogens with zero attached hydrogens (tertiary/aromatic N) is 1. The number of hydrogen-bond acceptors (Lipinski definition) is 5. The molecule has 6 heteroatoms. The molecule has 136 valence electrons. The van der Waals surface area contributed by atoms with E-state index in [2.05, 4.69) is 4.99 Å². The van der Waals surface area contributed by atoms with Gasteiger partial charge in [-0.25, -0.2) is 9.79 Å². The van der Waals surface area contributed by atoms with Crippen LogP contribution in [0.2, 0.25) is 0 Å². The summed E-state index contributed by atoms with van der Waals surface area (Å²) in [6.45, 7) is 3.72. The number of allylic oxidation sites excluding steroid dienone is 2. The van der Waals surface area contributed by atoms with Crippen LogP contribution >= 0.6 is 11.8 Å². The van der Waals surface area contributed by atoms with Crippen molar-refractivity contribution in [1.29, 1.82) is 0 Å². The molecule has 1 aliphatic rings. The Balaban J connectivity index is 2.30. The number of hydrogen-bond donors (Lipinski definition) is 1. The summed E-state index contributed by atoms with van der Waals surface area (Å²) in [5.74, 6) is -1.23. The normalized spacial score (nSPS) is 17.5. The smallest absolute Gasteiger partial charge is 0.344 e. The predicted octanol–water partition coefficient (Wildman–Crippen LogP) is 4.43. The van der Waals surface area contributed by atoms with Crippen LogP contribution in [-0.2, 0) is 14.3 Å². The van der Waals surface area contributed by atoms with E-state index in [4.69, 9.17) is 4.74 Å². The molecule has 1 aliphatic heterocycles. The fourth-order valence-electron chi connectivity index (χ4n) is 2.20. The van der Waals surface area contributed by atoms with Gasteiger partial charge in [0.1, 0.15) is 16.4 Å². The lowest BCUT2D eigenvalue weighted by Gasteiger charge is -2.03. The van der Waals surface area contributed by atoms with Crippen molar-refractivity contribution in [3.8, 4) is 0 Å². The molecule has 0 spiro atoms. The summed E-state index contributed by atoms with van der Waals surface area (Å²) in [7, 11) is 0. The molecular formula is C20H21NO4S. The van der Waals surface area contributed by atoms with Gasteiger partial charge in [-0.1, -0.05) is 61.2 Å². The maximum atomic E-state index is 12.2. The van der Waals surface area contributed by atoms with E-state index in [1.807, 2.05) is 43.3 Å². The fourth-order valence-corrected chi connectivity index (χ4v) is 3.18. The van der Waals surface area contributed by atoms with Crippen molar-refractivity contribution in [1.82, 2.24) is 0 Å². The lowest BCUT2D eigenvalue weighted by Crippen LogP contribution is -2.14. The average molecular weight is 371 g/mol. The van der Waals surface area contributed by atoms with Crippen molar-refractivity contribution in [3.63, 3.8) is 0 Å². The van der Waals surface area contributed by atoms with Crippen molar-refractivity contribution in [2.45, 2.75) is 26.7 Å². The molecule has 0 radical (unpaired) electrons. The van der Waals surface area contributed by atoms with E-state index >= 15 is 0 Å². The van der Waals surface area contributed by atoms with E-state index in [0.29, 0.717) is 11.3 Å². The highest BCUT2D eigenvalue weighted by atomic mass is 32.2. The number of aliphatic hydroxyl groups excluding tert-OH is 1. The van der Waals surface area contributed by atoms with Crippen LogP contribution in [-0.4, -0.2) is 28.6 Å². The molecule has 1 aromatic carbocycles. The van der Waals surface area contributed by atoms with Crippen molar-refractivity contribution in [3.05, 3.63) is 64.3 Å². The van der Waals surface area contributed by atoms with Gasteiger partial charge in [-0.3, -0.25) is 4.79 Å². The molecule has 5 nitrogen and oxygen atoms in total. The molecule has 1 N–H and O–H groups in total. The molecule has 26 heavy (non-hydrogen) atoms. The van der Waals surface area contributed by atoms with Gasteiger partial charge in [0.2, 0.25) is 5.91 Å². The maximum Gasteiger partial charge on any atom is 0.344 e. The van der Waals surface area contributed by atoms with Gasteiger partial charge in [0.05, 0.1) is 11.5 Å². The molecule has 2 rings (SSSR count). The van der Waals surface area contributed by atoms with Crippen LogP contribution in [0.25, 0.3) is 6.08 Å². The number of rotatable bonds is 6. The zero-order valence-corrected chi connectivity index (χ0v) is 15.6. The number of amides is 1. The van der Waals surface area contributed by atoms with Gasteiger partial charge in [-0.2, -0.15) is 0 Å². The van der Waals surface area contributed by atoms with Gasteiger partial charge in [0.25, 0.3) is 0 Å². The van der Waals surface area contributed by atoms with Gasteiger partial charge in [0.15, 0.2) is 0 Å². The first kappa shape index (κ1) is 19.7. The quantitative estimate of drug-likeness (QED) is 0.749. The molecule has 1 heterocycles. The fraction of sp³-hybridized carbons (Fsp3) is 0.250. The summed E-state index contributed by atoms with van der Waals surface area (Å²) < 4.78 is 4.98. The van der Waals surface area contributed by atoms with Crippen molar-refractivity contribution in [2.24, 2.45) is 4.99 Å². The maximum absolute atomic E-state index is 12.2. The number of benzene rings is 1. The summed E-state index contributed by atoms with van der Waals surface area (Å²) in [5.41, 5.74) is 0.953. The standard InChI is InChI=1S/C20H21NO4S/c1-3-9-16(22)21-19-17(20(24)25-4-2)18(23)15(26-19)13-8-12-14-10-6-5-7-11-14/h5-8,10-13,23H,3-4,9H2,1-2H3/b12-8+,15-13-,21-19?. The van der Waals surface area contributed by atoms with Crippen LogP contribution < -0.4 is 0 Å². The van der Waals surface area contributed by atoms with E-state index in [1.165, 1.54) is 0 Å². The lowest BCUT2D eigenvalue weighted by atomic mass is 10.2. The summed E-state index contributed by atoms with van der Waals surface area (Å²) in [4.78, 5) is 28.4. The first-order valence-electron chi connectivity index (χ1n) is 8.40. The Morgan fingerprint density at radius 1 is 1.23 bits per heavy atom. The van der Waals surface area contributed by atoms with Crippen LogP contribution in [0.3, 0.4) is 0 Å². The van der Waals surface area contributed by atoms with Crippen molar-refractivity contribution in [2.75, 3.05) is 6.61 Å². The Morgan fingerprint density at radius 2 is 1.96 bits per heavy atom. The van der Waals surface area contributed by atoms with Gasteiger partial charge < -0.3 is 9.84 Å². The second-order valence-electron chi connectivity index (χ2n) is 5.41. The molecule has 0 fully saturated rings. The van der Waals surface area contributed by atoms with E-state index in [-0.39, 0.29) is 35.3 Å². The Hall–Kier alpha value is -2.60. The molecule has 1 amide bonds. The molecule has 0 bridgehead atoms. The van der Waals surface area contributed by atoms with Crippen molar-refractivity contribution >= 4 is 34.8 Å². The summed E-state index contributed by atoms with van der Waals surface area (Å²) in [6.07, 6.45) is 6.27. The Kier molecular flexibility index (Phi) is 7.41. The minimum Gasteiger partial charge on any atom is -0.506 e. The zero-order valence-electron chi connectivity index (χ0n) is 14.8. The van der Waals surface area contributed by atoms with Crippen molar-refractivity contribution < 1.29 is 19.4 Å². The van der Waals surface area contributed by atoms with Gasteiger partial charge >= 0.3 is 5.97 Å². The van der Waals surface area contributed by atoms with E-state index in [1.54, 1.807) is 19.1 Å². The Labute approximate surface area is 157 Å². The Bertz CT molecular complexity index is 791. The topological polar surface area (TPSA) is 76.0 Å². The van der Waals surface area contributed by atoms with Gasteiger partial charge in [-0.15, -0.1) is 0 Å². The molecule has 0 saturated carbocycles. The molecule has 0 atom stereocenters. The first-order chi connectivity index (χ1) is 12.6. The third-order valence-electron chi connectivity index (χ3n) is 3.40. The van der Waals surface area contributed by atoms with Crippen LogP contribution in [0.4, 0.5) is 0 Å². The first-order valence-corrected chi connectivity index (χ1v) is 9.22. The van der Waals surface area contributed by atoms with Crippen LogP contribution in [0.5, 0.6) is 0 Å². The third kappa shape index (κ3) is 5.20. The van der Waals surface area contributed by atoms with Gasteiger partial charge in [0, 0.05) is 6.42 Å². The molecule has 0 unspecified atom stereocenters.